The highest BCUT2D eigenvalue weighted by Gasteiger charge is 2.40. The predicted octanol–water partition coefficient (Wildman–Crippen LogP) is 2.96. The lowest BCUT2D eigenvalue weighted by Crippen LogP contribution is -2.56. The molecule has 0 saturated carbocycles. The summed E-state index contributed by atoms with van der Waals surface area (Å²) in [6, 6.07) is 0. The van der Waals surface area contributed by atoms with E-state index in [1.165, 1.54) is 0 Å². The van der Waals surface area contributed by atoms with Crippen LogP contribution >= 0.6 is 0 Å². The fraction of sp³-hybridized carbons (Fsp3) is 0.824. The number of ether oxygens (including phenoxy) is 3. The molecule has 0 rings (SSSR count). The van der Waals surface area contributed by atoms with Gasteiger partial charge in [0.1, 0.15) is 11.1 Å². The van der Waals surface area contributed by atoms with Crippen molar-refractivity contribution in [3.63, 3.8) is 0 Å². The van der Waals surface area contributed by atoms with Crippen LogP contribution in [0.25, 0.3) is 0 Å². The first-order valence-corrected chi connectivity index (χ1v) is 8.44. The van der Waals surface area contributed by atoms with Gasteiger partial charge in [-0.25, -0.2) is 9.59 Å². The summed E-state index contributed by atoms with van der Waals surface area (Å²) in [5.74, 6) is -0.856. The number of nitrogens with one attached hydrogen (secondary N) is 1. The van der Waals surface area contributed by atoms with E-state index in [-0.39, 0.29) is 25.4 Å². The van der Waals surface area contributed by atoms with Crippen molar-refractivity contribution in [1.29, 1.82) is 0 Å². The molecule has 0 aromatic heterocycles. The molecule has 0 aliphatic heterocycles. The molecule has 0 heterocycles. The fourth-order valence-electron chi connectivity index (χ4n) is 2.16. The Balaban J connectivity index is 5.03. The molecular weight excluding hydrogens is 314 g/mol. The molecule has 1 atom stereocenters. The molecule has 1 N–H and O–H groups in total. The normalized spacial score (nSPS) is 13.6. The number of carbonyl (C=O) groups excluding carboxylic acids is 3. The lowest BCUT2D eigenvalue weighted by atomic mass is 9.89. The lowest BCUT2D eigenvalue weighted by Gasteiger charge is -2.32. The van der Waals surface area contributed by atoms with E-state index in [2.05, 4.69) is 5.32 Å². The van der Waals surface area contributed by atoms with E-state index in [9.17, 15) is 14.4 Å². The zero-order chi connectivity index (χ0) is 18.8. The summed E-state index contributed by atoms with van der Waals surface area (Å²) in [4.78, 5) is 36.0. The Kier molecular flexibility index (Phi) is 9.40. The number of rotatable bonds is 9. The van der Waals surface area contributed by atoms with Crippen LogP contribution in [0.5, 0.6) is 0 Å². The number of hydrogen-bond donors (Lipinski definition) is 1. The molecular formula is C17H31NO6. The van der Waals surface area contributed by atoms with Crippen LogP contribution in [0.4, 0.5) is 4.79 Å². The van der Waals surface area contributed by atoms with Crippen molar-refractivity contribution < 1.29 is 28.6 Å². The Morgan fingerprint density at radius 2 is 1.54 bits per heavy atom. The number of carbonyl (C=O) groups is 3. The van der Waals surface area contributed by atoms with E-state index in [0.717, 1.165) is 0 Å². The predicted molar refractivity (Wildman–Crippen MR) is 89.5 cm³/mol. The van der Waals surface area contributed by atoms with E-state index in [4.69, 9.17) is 14.2 Å². The minimum Gasteiger partial charge on any atom is -0.466 e. The molecule has 0 saturated heterocycles. The van der Waals surface area contributed by atoms with Crippen LogP contribution in [-0.2, 0) is 23.8 Å². The molecule has 0 aromatic rings. The molecule has 0 radical (unpaired) electrons. The lowest BCUT2D eigenvalue weighted by molar-refractivity contribution is -0.152. The smallest absolute Gasteiger partial charge is 0.408 e. The van der Waals surface area contributed by atoms with Gasteiger partial charge in [0, 0.05) is 6.42 Å². The minimum absolute atomic E-state index is 0.172. The van der Waals surface area contributed by atoms with Gasteiger partial charge >= 0.3 is 18.0 Å². The third-order valence-electron chi connectivity index (χ3n) is 3.30. The van der Waals surface area contributed by atoms with Crippen LogP contribution in [0.3, 0.4) is 0 Å². The van der Waals surface area contributed by atoms with Crippen LogP contribution < -0.4 is 5.32 Å². The van der Waals surface area contributed by atoms with Crippen LogP contribution in [0.2, 0.25) is 0 Å². The SMILES string of the molecule is CCOC(=O)CCC[C@@](CC)(NC(=O)OC(C)(C)C)C(=O)OCC. The molecule has 0 unspecified atom stereocenters. The van der Waals surface area contributed by atoms with Gasteiger partial charge in [0.15, 0.2) is 0 Å². The highest BCUT2D eigenvalue weighted by Crippen LogP contribution is 2.22. The van der Waals surface area contributed by atoms with Crippen molar-refractivity contribution in [3.8, 4) is 0 Å². The van der Waals surface area contributed by atoms with Gasteiger partial charge < -0.3 is 19.5 Å². The standard InChI is InChI=1S/C17H31NO6/c1-7-17(14(20)23-9-3,12-10-11-13(19)22-8-2)18-15(21)24-16(4,5)6/h7-12H2,1-6H3,(H,18,21)/t17-/m1/s1. The maximum Gasteiger partial charge on any atom is 0.408 e. The highest BCUT2D eigenvalue weighted by atomic mass is 16.6. The Bertz CT molecular complexity index is 429. The van der Waals surface area contributed by atoms with Gasteiger partial charge in [0.05, 0.1) is 13.2 Å². The van der Waals surface area contributed by atoms with Crippen LogP contribution in [0, 0.1) is 0 Å². The van der Waals surface area contributed by atoms with Gasteiger partial charge in [0.25, 0.3) is 0 Å². The zero-order valence-electron chi connectivity index (χ0n) is 15.7. The average Bonchev–Trinajstić information content (AvgIpc) is 2.44. The van der Waals surface area contributed by atoms with Crippen LogP contribution in [0.15, 0.2) is 0 Å². The Morgan fingerprint density at radius 1 is 0.958 bits per heavy atom. The Morgan fingerprint density at radius 3 is 2.00 bits per heavy atom. The Hall–Kier alpha value is -1.79. The molecule has 0 spiro atoms. The molecule has 0 fully saturated rings. The van der Waals surface area contributed by atoms with E-state index in [1.807, 2.05) is 0 Å². The van der Waals surface area contributed by atoms with E-state index in [1.54, 1.807) is 41.5 Å². The quantitative estimate of drug-likeness (QED) is 0.510. The average molecular weight is 345 g/mol. The maximum atomic E-state index is 12.4. The van der Waals surface area contributed by atoms with Gasteiger partial charge in [-0.3, -0.25) is 4.79 Å². The monoisotopic (exact) mass is 345 g/mol. The molecule has 1 amide bonds. The highest BCUT2D eigenvalue weighted by molar-refractivity contribution is 5.86. The number of alkyl carbamates (subject to hydrolysis) is 1. The molecule has 7 nitrogen and oxygen atoms in total. The molecule has 0 bridgehead atoms. The Labute approximate surface area is 144 Å². The third-order valence-corrected chi connectivity index (χ3v) is 3.30. The first kappa shape index (κ1) is 22.2. The van der Waals surface area contributed by atoms with Gasteiger partial charge in [-0.2, -0.15) is 0 Å². The molecule has 140 valence electrons. The summed E-state index contributed by atoms with van der Waals surface area (Å²) in [5.41, 5.74) is -1.89. The largest absolute Gasteiger partial charge is 0.466 e. The molecule has 0 aromatic carbocycles. The number of amides is 1. The van der Waals surface area contributed by atoms with E-state index in [0.29, 0.717) is 19.4 Å². The van der Waals surface area contributed by atoms with Crippen LogP contribution in [-0.4, -0.2) is 42.4 Å². The fourth-order valence-corrected chi connectivity index (χ4v) is 2.16. The molecule has 0 aliphatic carbocycles. The first-order valence-electron chi connectivity index (χ1n) is 8.44. The van der Waals surface area contributed by atoms with Crippen molar-refractivity contribution in [2.75, 3.05) is 13.2 Å². The molecule has 24 heavy (non-hydrogen) atoms. The summed E-state index contributed by atoms with van der Waals surface area (Å²) >= 11 is 0. The summed E-state index contributed by atoms with van der Waals surface area (Å²) in [6.07, 6.45) is 0.467. The number of esters is 2. The van der Waals surface area contributed by atoms with Gasteiger partial charge in [-0.15, -0.1) is 0 Å². The van der Waals surface area contributed by atoms with E-state index >= 15 is 0 Å². The second kappa shape index (κ2) is 10.2. The second-order valence-corrected chi connectivity index (χ2v) is 6.44. The van der Waals surface area contributed by atoms with Gasteiger partial charge in [-0.05, 0) is 53.9 Å². The summed E-state index contributed by atoms with van der Waals surface area (Å²) in [7, 11) is 0. The number of hydrogen-bond acceptors (Lipinski definition) is 6. The van der Waals surface area contributed by atoms with Crippen molar-refractivity contribution >= 4 is 18.0 Å². The maximum absolute atomic E-state index is 12.4. The first-order chi connectivity index (χ1) is 11.1. The van der Waals surface area contributed by atoms with E-state index < -0.39 is 23.2 Å². The summed E-state index contributed by atoms with van der Waals surface area (Å²) in [5, 5.41) is 2.64. The summed E-state index contributed by atoms with van der Waals surface area (Å²) < 4.78 is 15.2. The third kappa shape index (κ3) is 8.17. The van der Waals surface area contributed by atoms with Crippen molar-refractivity contribution in [1.82, 2.24) is 5.32 Å². The van der Waals surface area contributed by atoms with Gasteiger partial charge in [0.2, 0.25) is 0 Å². The van der Waals surface area contributed by atoms with Crippen molar-refractivity contribution in [3.05, 3.63) is 0 Å². The summed E-state index contributed by atoms with van der Waals surface area (Å²) in [6.45, 7) is 10.9. The van der Waals surface area contributed by atoms with Crippen LogP contribution in [0.1, 0.15) is 67.2 Å². The van der Waals surface area contributed by atoms with Crippen molar-refractivity contribution in [2.45, 2.75) is 78.4 Å². The topological polar surface area (TPSA) is 90.9 Å². The zero-order valence-corrected chi connectivity index (χ0v) is 15.7. The minimum atomic E-state index is -1.22. The second-order valence-electron chi connectivity index (χ2n) is 6.44. The van der Waals surface area contributed by atoms with Gasteiger partial charge in [-0.1, -0.05) is 6.92 Å². The van der Waals surface area contributed by atoms with Crippen molar-refractivity contribution in [2.24, 2.45) is 0 Å². The molecule has 7 heteroatoms. The molecule has 0 aliphatic rings.